The number of aromatic amines is 1. The number of carbonyl (C=O) groups is 1. The Morgan fingerprint density at radius 3 is 2.42 bits per heavy atom. The zero-order valence-electron chi connectivity index (χ0n) is 9.92. The minimum atomic E-state index is -0.489. The molecule has 100 valence electrons. The lowest BCUT2D eigenvalue weighted by Gasteiger charge is -2.07. The molecule has 6 nitrogen and oxygen atoms in total. The van der Waals surface area contributed by atoms with Crippen molar-refractivity contribution in [2.24, 2.45) is 0 Å². The Hall–Kier alpha value is -1.92. The summed E-state index contributed by atoms with van der Waals surface area (Å²) >= 11 is 11.7. The number of rotatable bonds is 2. The number of benzene rings is 1. The van der Waals surface area contributed by atoms with Gasteiger partial charge < -0.3 is 11.1 Å². The fourth-order valence-corrected chi connectivity index (χ4v) is 1.96. The van der Waals surface area contributed by atoms with Gasteiger partial charge in [-0.3, -0.25) is 10.4 Å². The fourth-order valence-electron chi connectivity index (χ4n) is 1.43. The quantitative estimate of drug-likeness (QED) is 0.685. The molecule has 0 atom stereocenters. The summed E-state index contributed by atoms with van der Waals surface area (Å²) in [6, 6.07) is 4.23. The second kappa shape index (κ2) is 5.38. The Labute approximate surface area is 119 Å². The van der Waals surface area contributed by atoms with Gasteiger partial charge in [0.15, 0.2) is 5.82 Å². The van der Waals surface area contributed by atoms with Crippen LogP contribution < -0.4 is 16.4 Å². The zero-order valence-corrected chi connectivity index (χ0v) is 11.4. The third-order valence-corrected chi connectivity index (χ3v) is 2.78. The van der Waals surface area contributed by atoms with Crippen molar-refractivity contribution in [2.75, 3.05) is 16.4 Å². The summed E-state index contributed by atoms with van der Waals surface area (Å²) in [6.07, 6.45) is 0. The van der Waals surface area contributed by atoms with Crippen LogP contribution >= 0.6 is 23.2 Å². The highest BCUT2D eigenvalue weighted by atomic mass is 35.5. The molecule has 0 spiro atoms. The predicted molar refractivity (Wildman–Crippen MR) is 76.8 cm³/mol. The Morgan fingerprint density at radius 1 is 1.26 bits per heavy atom. The van der Waals surface area contributed by atoms with Gasteiger partial charge in [-0.25, -0.2) is 4.79 Å². The number of aromatic nitrogens is 2. The van der Waals surface area contributed by atoms with Crippen molar-refractivity contribution in [1.82, 2.24) is 10.2 Å². The maximum absolute atomic E-state index is 11.7. The van der Waals surface area contributed by atoms with Crippen LogP contribution in [-0.2, 0) is 0 Å². The number of nitrogen functional groups attached to an aromatic ring is 1. The van der Waals surface area contributed by atoms with Crippen LogP contribution in [0.4, 0.5) is 22.0 Å². The number of nitrogens with two attached hydrogens (primary N) is 1. The highest BCUT2D eigenvalue weighted by molar-refractivity contribution is 6.35. The molecular formula is C11H11Cl2N5O. The Morgan fingerprint density at radius 2 is 1.89 bits per heavy atom. The number of hydrogen-bond donors (Lipinski definition) is 4. The number of anilines is 3. The van der Waals surface area contributed by atoms with Crippen molar-refractivity contribution >= 4 is 46.4 Å². The largest absolute Gasteiger partial charge is 0.394 e. The molecule has 0 saturated heterocycles. The van der Waals surface area contributed by atoms with Crippen LogP contribution in [0, 0.1) is 6.92 Å². The van der Waals surface area contributed by atoms with Crippen molar-refractivity contribution in [1.29, 1.82) is 0 Å². The summed E-state index contributed by atoms with van der Waals surface area (Å²) in [4.78, 5) is 11.7. The Bertz CT molecular complexity index is 605. The lowest BCUT2D eigenvalue weighted by atomic mass is 10.3. The first kappa shape index (κ1) is 13.5. The molecule has 0 aliphatic heterocycles. The zero-order chi connectivity index (χ0) is 14.0. The minimum Gasteiger partial charge on any atom is -0.394 e. The summed E-state index contributed by atoms with van der Waals surface area (Å²) in [5.74, 6) is 0.267. The summed E-state index contributed by atoms with van der Waals surface area (Å²) < 4.78 is 0. The van der Waals surface area contributed by atoms with E-state index in [2.05, 4.69) is 20.8 Å². The van der Waals surface area contributed by atoms with Crippen LogP contribution in [0.3, 0.4) is 0 Å². The number of urea groups is 1. The van der Waals surface area contributed by atoms with Crippen LogP contribution in [0.5, 0.6) is 0 Å². The highest BCUT2D eigenvalue weighted by Crippen LogP contribution is 2.23. The normalized spacial score (nSPS) is 10.3. The van der Waals surface area contributed by atoms with Gasteiger partial charge in [-0.2, -0.15) is 5.10 Å². The number of hydrogen-bond acceptors (Lipinski definition) is 3. The van der Waals surface area contributed by atoms with Crippen molar-refractivity contribution < 1.29 is 4.79 Å². The fraction of sp³-hybridized carbons (Fsp3) is 0.0909. The highest BCUT2D eigenvalue weighted by Gasteiger charge is 2.10. The van der Waals surface area contributed by atoms with Crippen molar-refractivity contribution in [3.05, 3.63) is 33.9 Å². The molecule has 0 unspecified atom stereocenters. The number of nitrogens with one attached hydrogen (secondary N) is 3. The molecule has 0 saturated carbocycles. The summed E-state index contributed by atoms with van der Waals surface area (Å²) in [5, 5.41) is 12.5. The molecule has 1 heterocycles. The molecule has 5 N–H and O–H groups in total. The molecule has 2 rings (SSSR count). The van der Waals surface area contributed by atoms with Gasteiger partial charge in [-0.05, 0) is 25.1 Å². The maximum Gasteiger partial charge on any atom is 0.324 e. The van der Waals surface area contributed by atoms with Gasteiger partial charge in [-0.1, -0.05) is 23.2 Å². The smallest absolute Gasteiger partial charge is 0.324 e. The summed E-state index contributed by atoms with van der Waals surface area (Å²) in [6.45, 7) is 1.75. The van der Waals surface area contributed by atoms with Gasteiger partial charge in [0.1, 0.15) is 0 Å². The summed E-state index contributed by atoms with van der Waals surface area (Å²) in [7, 11) is 0. The van der Waals surface area contributed by atoms with Gasteiger partial charge in [0.2, 0.25) is 0 Å². The maximum atomic E-state index is 11.7. The number of halogens is 2. The number of aryl methyl sites for hydroxylation is 1. The van der Waals surface area contributed by atoms with E-state index in [9.17, 15) is 4.79 Å². The van der Waals surface area contributed by atoms with Crippen molar-refractivity contribution in [3.63, 3.8) is 0 Å². The van der Waals surface area contributed by atoms with E-state index in [1.165, 1.54) is 0 Å². The lowest BCUT2D eigenvalue weighted by Crippen LogP contribution is -2.20. The van der Waals surface area contributed by atoms with Crippen molar-refractivity contribution in [2.45, 2.75) is 6.92 Å². The van der Waals surface area contributed by atoms with E-state index in [1.807, 2.05) is 0 Å². The summed E-state index contributed by atoms with van der Waals surface area (Å²) in [5.41, 5.74) is 7.26. The first-order valence-corrected chi connectivity index (χ1v) is 6.06. The van der Waals surface area contributed by atoms with Crippen LogP contribution in [0.15, 0.2) is 18.2 Å². The molecule has 1 aromatic heterocycles. The molecule has 0 aliphatic carbocycles. The number of H-pyrrole nitrogens is 1. The molecule has 0 fully saturated rings. The van der Waals surface area contributed by atoms with Crippen LogP contribution in [-0.4, -0.2) is 16.2 Å². The van der Waals surface area contributed by atoms with Crippen LogP contribution in [0.2, 0.25) is 10.0 Å². The van der Waals surface area contributed by atoms with E-state index in [0.29, 0.717) is 27.1 Å². The van der Waals surface area contributed by atoms with Crippen LogP contribution in [0.1, 0.15) is 5.69 Å². The lowest BCUT2D eigenvalue weighted by molar-refractivity contribution is 0.262. The van der Waals surface area contributed by atoms with Gasteiger partial charge >= 0.3 is 6.03 Å². The Balaban J connectivity index is 2.07. The minimum absolute atomic E-state index is 0.267. The van der Waals surface area contributed by atoms with Crippen molar-refractivity contribution in [3.8, 4) is 0 Å². The van der Waals surface area contributed by atoms with E-state index in [-0.39, 0.29) is 5.82 Å². The molecule has 0 bridgehead atoms. The number of carbonyl (C=O) groups excluding carboxylic acids is 1. The predicted octanol–water partition coefficient (Wildman–Crippen LogP) is 3.25. The first-order chi connectivity index (χ1) is 8.95. The van der Waals surface area contributed by atoms with Gasteiger partial charge in [0.05, 0.1) is 11.4 Å². The number of amides is 2. The van der Waals surface area contributed by atoms with E-state index in [0.717, 1.165) is 0 Å². The molecule has 0 aliphatic rings. The first-order valence-electron chi connectivity index (χ1n) is 5.30. The van der Waals surface area contributed by atoms with E-state index >= 15 is 0 Å². The Kier molecular flexibility index (Phi) is 3.82. The molecular weight excluding hydrogens is 289 g/mol. The standard InChI is InChI=1S/C11H11Cl2N5O/c1-5-9(14)10(18-17-5)16-11(19)15-8-3-6(12)2-7(13)4-8/h2-4H,14H2,1H3,(H3,15,16,17,18,19). The molecule has 0 radical (unpaired) electrons. The van der Waals surface area contributed by atoms with Gasteiger partial charge in [0.25, 0.3) is 0 Å². The molecule has 8 heteroatoms. The monoisotopic (exact) mass is 299 g/mol. The van der Waals surface area contributed by atoms with Crippen LogP contribution in [0.25, 0.3) is 0 Å². The average Bonchev–Trinajstić information content (AvgIpc) is 2.59. The third-order valence-electron chi connectivity index (χ3n) is 2.35. The molecule has 1 aromatic carbocycles. The second-order valence-corrected chi connectivity index (χ2v) is 4.72. The van der Waals surface area contributed by atoms with E-state index in [4.69, 9.17) is 28.9 Å². The number of nitrogens with zero attached hydrogens (tertiary/aromatic N) is 1. The second-order valence-electron chi connectivity index (χ2n) is 3.85. The SMILES string of the molecule is Cc1[nH]nc(NC(=O)Nc2cc(Cl)cc(Cl)c2)c1N. The molecule has 19 heavy (non-hydrogen) atoms. The molecule has 2 aromatic rings. The van der Waals surface area contributed by atoms with Gasteiger partial charge in [-0.15, -0.1) is 0 Å². The topological polar surface area (TPSA) is 95.8 Å². The average molecular weight is 300 g/mol. The van der Waals surface area contributed by atoms with E-state index < -0.39 is 6.03 Å². The third kappa shape index (κ3) is 3.30. The molecule has 2 amide bonds. The van der Waals surface area contributed by atoms with Gasteiger partial charge in [0, 0.05) is 15.7 Å². The van der Waals surface area contributed by atoms with E-state index in [1.54, 1.807) is 25.1 Å².